The fourth-order valence-corrected chi connectivity index (χ4v) is 2.19. The molecule has 1 unspecified atom stereocenters. The van der Waals surface area contributed by atoms with Gasteiger partial charge in [0.05, 0.1) is 4.83 Å². The molecule has 0 N–H and O–H groups in total. The van der Waals surface area contributed by atoms with Gasteiger partial charge in [-0.3, -0.25) is 0 Å². The summed E-state index contributed by atoms with van der Waals surface area (Å²) in [6.45, 7) is 0. The van der Waals surface area contributed by atoms with Gasteiger partial charge in [-0.25, -0.2) is 8.78 Å². The number of rotatable bonds is 2. The lowest BCUT2D eigenvalue weighted by atomic mass is 10.0. The molecule has 0 fully saturated rings. The van der Waals surface area contributed by atoms with Crippen molar-refractivity contribution in [2.45, 2.75) is 4.83 Å². The molecule has 0 aliphatic carbocycles. The third-order valence-electron chi connectivity index (χ3n) is 2.33. The molecule has 2 aromatic carbocycles. The Morgan fingerprint density at radius 1 is 0.938 bits per heavy atom. The van der Waals surface area contributed by atoms with E-state index in [9.17, 15) is 8.78 Å². The van der Waals surface area contributed by atoms with Crippen LogP contribution < -0.4 is 0 Å². The maximum atomic E-state index is 13.5. The van der Waals surface area contributed by atoms with Gasteiger partial charge in [-0.1, -0.05) is 52.3 Å². The molecular formula is C13H9BrF2. The zero-order valence-corrected chi connectivity index (χ0v) is 9.92. The van der Waals surface area contributed by atoms with E-state index in [1.54, 1.807) is 0 Å². The quantitative estimate of drug-likeness (QED) is 0.714. The highest BCUT2D eigenvalue weighted by molar-refractivity contribution is 9.09. The van der Waals surface area contributed by atoms with Crippen LogP contribution in [0.2, 0.25) is 0 Å². The molecule has 0 nitrogen and oxygen atoms in total. The van der Waals surface area contributed by atoms with E-state index in [4.69, 9.17) is 0 Å². The lowest BCUT2D eigenvalue weighted by molar-refractivity contribution is 0.574. The van der Waals surface area contributed by atoms with Crippen molar-refractivity contribution in [1.29, 1.82) is 0 Å². The summed E-state index contributed by atoms with van der Waals surface area (Å²) in [7, 11) is 0. The number of halogens is 3. The Bertz CT molecular complexity index is 483. The average molecular weight is 283 g/mol. The summed E-state index contributed by atoms with van der Waals surface area (Å²) < 4.78 is 26.3. The van der Waals surface area contributed by atoms with E-state index in [1.165, 1.54) is 12.1 Å². The van der Waals surface area contributed by atoms with Gasteiger partial charge in [0.1, 0.15) is 11.6 Å². The summed E-state index contributed by atoms with van der Waals surface area (Å²) in [6.07, 6.45) is 0. The molecule has 16 heavy (non-hydrogen) atoms. The largest absolute Gasteiger partial charge is 0.207 e. The van der Waals surface area contributed by atoms with Crippen LogP contribution in [0.25, 0.3) is 0 Å². The number of hydrogen-bond donors (Lipinski definition) is 0. The molecule has 0 amide bonds. The van der Waals surface area contributed by atoms with Crippen LogP contribution in [-0.4, -0.2) is 0 Å². The minimum absolute atomic E-state index is 0.255. The molecule has 0 aliphatic heterocycles. The Balaban J connectivity index is 2.38. The molecule has 0 bridgehead atoms. The lowest BCUT2D eigenvalue weighted by Crippen LogP contribution is -1.96. The lowest BCUT2D eigenvalue weighted by Gasteiger charge is -2.11. The van der Waals surface area contributed by atoms with Gasteiger partial charge in [0.15, 0.2) is 0 Å². The van der Waals surface area contributed by atoms with Gasteiger partial charge in [0.25, 0.3) is 0 Å². The highest BCUT2D eigenvalue weighted by Gasteiger charge is 2.14. The van der Waals surface area contributed by atoms with E-state index < -0.39 is 11.6 Å². The monoisotopic (exact) mass is 282 g/mol. The zero-order chi connectivity index (χ0) is 11.5. The highest BCUT2D eigenvalue weighted by Crippen LogP contribution is 2.32. The first-order valence-corrected chi connectivity index (χ1v) is 5.74. The molecule has 0 radical (unpaired) electrons. The van der Waals surface area contributed by atoms with Crippen LogP contribution in [0.1, 0.15) is 16.0 Å². The van der Waals surface area contributed by atoms with Crippen molar-refractivity contribution in [3.63, 3.8) is 0 Å². The molecule has 3 heteroatoms. The van der Waals surface area contributed by atoms with Crippen molar-refractivity contribution in [3.8, 4) is 0 Å². The maximum absolute atomic E-state index is 13.5. The normalized spacial score (nSPS) is 12.4. The molecular weight excluding hydrogens is 274 g/mol. The molecule has 0 heterocycles. The summed E-state index contributed by atoms with van der Waals surface area (Å²) in [5.41, 5.74) is 1.38. The fraction of sp³-hybridized carbons (Fsp3) is 0.0769. The third-order valence-corrected chi connectivity index (χ3v) is 3.35. The van der Waals surface area contributed by atoms with Crippen molar-refractivity contribution in [3.05, 3.63) is 71.3 Å². The smallest absolute Gasteiger partial charge is 0.130 e. The summed E-state index contributed by atoms with van der Waals surface area (Å²) in [6, 6.07) is 13.0. The second kappa shape index (κ2) is 4.74. The van der Waals surface area contributed by atoms with Crippen LogP contribution in [0.5, 0.6) is 0 Å². The predicted octanol–water partition coefficient (Wildman–Crippen LogP) is 4.45. The van der Waals surface area contributed by atoms with Crippen LogP contribution in [0, 0.1) is 11.6 Å². The second-order valence-electron chi connectivity index (χ2n) is 3.44. The van der Waals surface area contributed by atoms with Crippen molar-refractivity contribution in [1.82, 2.24) is 0 Å². The first kappa shape index (κ1) is 11.3. The van der Waals surface area contributed by atoms with E-state index >= 15 is 0 Å². The van der Waals surface area contributed by atoms with Gasteiger partial charge >= 0.3 is 0 Å². The summed E-state index contributed by atoms with van der Waals surface area (Å²) in [5.74, 6) is -1.10. The van der Waals surface area contributed by atoms with E-state index in [1.807, 2.05) is 30.3 Å². The number of alkyl halides is 1. The molecule has 82 valence electrons. The fourth-order valence-electron chi connectivity index (χ4n) is 1.51. The zero-order valence-electron chi connectivity index (χ0n) is 8.33. The molecule has 0 saturated carbocycles. The van der Waals surface area contributed by atoms with Crippen LogP contribution in [0.15, 0.2) is 48.5 Å². The minimum atomic E-state index is -0.561. The van der Waals surface area contributed by atoms with E-state index in [0.29, 0.717) is 5.56 Å². The third kappa shape index (κ3) is 2.30. The van der Waals surface area contributed by atoms with Crippen molar-refractivity contribution < 1.29 is 8.78 Å². The highest BCUT2D eigenvalue weighted by atomic mass is 79.9. The van der Waals surface area contributed by atoms with Crippen LogP contribution in [0.3, 0.4) is 0 Å². The number of benzene rings is 2. The van der Waals surface area contributed by atoms with Crippen molar-refractivity contribution in [2.24, 2.45) is 0 Å². The first-order chi connectivity index (χ1) is 7.68. The molecule has 2 aromatic rings. The Labute approximate surface area is 101 Å². The molecule has 1 atom stereocenters. The Morgan fingerprint density at radius 2 is 1.62 bits per heavy atom. The van der Waals surface area contributed by atoms with Crippen molar-refractivity contribution >= 4 is 15.9 Å². The van der Waals surface area contributed by atoms with Gasteiger partial charge in [-0.15, -0.1) is 0 Å². The Kier molecular flexibility index (Phi) is 3.34. The van der Waals surface area contributed by atoms with Gasteiger partial charge in [-0.05, 0) is 11.6 Å². The molecule has 0 spiro atoms. The topological polar surface area (TPSA) is 0 Å². The van der Waals surface area contributed by atoms with E-state index in [0.717, 1.165) is 11.6 Å². The number of hydrogen-bond acceptors (Lipinski definition) is 0. The average Bonchev–Trinajstić information content (AvgIpc) is 2.29. The Morgan fingerprint density at radius 3 is 2.25 bits per heavy atom. The standard InChI is InChI=1S/C13H9BrF2/c14-13(9-4-2-1-3-5-9)11-7-6-10(15)8-12(11)16/h1-8,13H. The summed E-state index contributed by atoms with van der Waals surface area (Å²) in [4.78, 5) is -0.255. The summed E-state index contributed by atoms with van der Waals surface area (Å²) >= 11 is 3.41. The van der Waals surface area contributed by atoms with Gasteiger partial charge < -0.3 is 0 Å². The van der Waals surface area contributed by atoms with E-state index in [-0.39, 0.29) is 4.83 Å². The van der Waals surface area contributed by atoms with Gasteiger partial charge in [0, 0.05) is 11.6 Å². The second-order valence-corrected chi connectivity index (χ2v) is 4.35. The van der Waals surface area contributed by atoms with Crippen LogP contribution in [-0.2, 0) is 0 Å². The van der Waals surface area contributed by atoms with Gasteiger partial charge in [-0.2, -0.15) is 0 Å². The molecule has 0 saturated heterocycles. The van der Waals surface area contributed by atoms with Crippen LogP contribution >= 0.6 is 15.9 Å². The van der Waals surface area contributed by atoms with E-state index in [2.05, 4.69) is 15.9 Å². The Hall–Kier alpha value is -1.22. The predicted molar refractivity (Wildman–Crippen MR) is 63.6 cm³/mol. The molecule has 0 aromatic heterocycles. The molecule has 2 rings (SSSR count). The van der Waals surface area contributed by atoms with Gasteiger partial charge in [0.2, 0.25) is 0 Å². The minimum Gasteiger partial charge on any atom is -0.207 e. The first-order valence-electron chi connectivity index (χ1n) is 4.82. The SMILES string of the molecule is Fc1ccc(C(Br)c2ccccc2)c(F)c1. The van der Waals surface area contributed by atoms with Crippen molar-refractivity contribution in [2.75, 3.05) is 0 Å². The summed E-state index contributed by atoms with van der Waals surface area (Å²) in [5, 5.41) is 0. The maximum Gasteiger partial charge on any atom is 0.130 e. The molecule has 0 aliphatic rings. The van der Waals surface area contributed by atoms with Crippen LogP contribution in [0.4, 0.5) is 8.78 Å².